The number of hydrogen-bond acceptors (Lipinski definition) is 3. The van der Waals surface area contributed by atoms with Crippen LogP contribution in [0, 0.1) is 5.92 Å². The molecule has 0 aliphatic rings. The predicted molar refractivity (Wildman–Crippen MR) is 51.4 cm³/mol. The van der Waals surface area contributed by atoms with E-state index in [2.05, 4.69) is 4.74 Å². The highest BCUT2D eigenvalue weighted by molar-refractivity contribution is 5.79. The summed E-state index contributed by atoms with van der Waals surface area (Å²) in [6, 6.07) is -1.25. The molecule has 100 valence electrons. The van der Waals surface area contributed by atoms with Gasteiger partial charge >= 0.3 is 18.2 Å². The summed E-state index contributed by atoms with van der Waals surface area (Å²) in [7, 11) is 0. The van der Waals surface area contributed by atoms with Gasteiger partial charge in [0.1, 0.15) is 6.04 Å². The number of carboxylic acids is 1. The first-order valence-electron chi connectivity index (χ1n) is 4.84. The maximum Gasteiger partial charge on any atom is 0.422 e. The van der Waals surface area contributed by atoms with E-state index in [0.717, 1.165) is 0 Å². The normalized spacial score (nSPS) is 13.3. The molecule has 0 aromatic carbocycles. The van der Waals surface area contributed by atoms with Crippen LogP contribution in [0.2, 0.25) is 0 Å². The smallest absolute Gasteiger partial charge is 0.422 e. The minimum Gasteiger partial charge on any atom is -0.480 e. The second kappa shape index (κ2) is 6.31. The van der Waals surface area contributed by atoms with E-state index < -0.39 is 30.9 Å². The van der Waals surface area contributed by atoms with Crippen LogP contribution in [-0.4, -0.2) is 36.0 Å². The molecule has 2 N–H and O–H groups in total. The Bertz CT molecular complexity index is 278. The number of carbonyl (C=O) groups is 2. The fourth-order valence-electron chi connectivity index (χ4n) is 1.02. The van der Waals surface area contributed by atoms with Crippen molar-refractivity contribution in [1.29, 1.82) is 0 Å². The van der Waals surface area contributed by atoms with E-state index in [-0.39, 0.29) is 12.3 Å². The van der Waals surface area contributed by atoms with Crippen LogP contribution in [0.15, 0.2) is 0 Å². The largest absolute Gasteiger partial charge is 0.480 e. The molecule has 0 fully saturated rings. The van der Waals surface area contributed by atoms with Gasteiger partial charge in [-0.15, -0.1) is 0 Å². The van der Waals surface area contributed by atoms with E-state index in [9.17, 15) is 22.8 Å². The summed E-state index contributed by atoms with van der Waals surface area (Å²) in [6.45, 7) is 1.70. The fourth-order valence-corrected chi connectivity index (χ4v) is 1.02. The molecule has 0 saturated carbocycles. The number of rotatable bonds is 5. The summed E-state index contributed by atoms with van der Waals surface area (Å²) in [5.41, 5.74) is 0. The van der Waals surface area contributed by atoms with Crippen LogP contribution in [0.3, 0.4) is 0 Å². The van der Waals surface area contributed by atoms with Gasteiger partial charge in [0.2, 0.25) is 0 Å². The summed E-state index contributed by atoms with van der Waals surface area (Å²) in [5, 5.41) is 10.6. The third-order valence-electron chi connectivity index (χ3n) is 1.66. The molecule has 0 saturated heterocycles. The number of halogens is 3. The average molecular weight is 257 g/mol. The van der Waals surface area contributed by atoms with Gasteiger partial charge in [-0.3, -0.25) is 0 Å². The van der Waals surface area contributed by atoms with Crippen LogP contribution < -0.4 is 5.32 Å². The first kappa shape index (κ1) is 15.5. The molecule has 0 aromatic heterocycles. The van der Waals surface area contributed by atoms with Gasteiger partial charge in [0.05, 0.1) is 0 Å². The Balaban J connectivity index is 4.18. The zero-order chi connectivity index (χ0) is 13.6. The molecule has 0 unspecified atom stereocenters. The van der Waals surface area contributed by atoms with Crippen molar-refractivity contribution in [3.05, 3.63) is 0 Å². The molecule has 0 radical (unpaired) electrons. The molecule has 0 aromatic rings. The summed E-state index contributed by atoms with van der Waals surface area (Å²) >= 11 is 0. The molecule has 0 bridgehead atoms. The van der Waals surface area contributed by atoms with Crippen LogP contribution in [0.25, 0.3) is 0 Å². The number of ether oxygens (including phenoxy) is 1. The second-order valence-corrected chi connectivity index (χ2v) is 3.86. The number of aliphatic carboxylic acids is 1. The number of amides is 1. The van der Waals surface area contributed by atoms with Gasteiger partial charge in [-0.1, -0.05) is 13.8 Å². The zero-order valence-corrected chi connectivity index (χ0v) is 9.37. The SMILES string of the molecule is CC(C)C[C@H](NC(=O)OCC(F)(F)F)C(=O)O. The summed E-state index contributed by atoms with van der Waals surface area (Å²) in [5.74, 6) is -1.35. The fraction of sp³-hybridized carbons (Fsp3) is 0.778. The number of alkyl halides is 3. The van der Waals surface area contributed by atoms with Crippen molar-refractivity contribution in [2.75, 3.05) is 6.61 Å². The molecule has 1 amide bonds. The Labute approximate surface area is 95.9 Å². The van der Waals surface area contributed by atoms with Gasteiger partial charge in [-0.25, -0.2) is 9.59 Å². The molecule has 0 aliphatic heterocycles. The van der Waals surface area contributed by atoms with Gasteiger partial charge in [0, 0.05) is 0 Å². The Morgan fingerprint density at radius 2 is 1.88 bits per heavy atom. The van der Waals surface area contributed by atoms with Crippen LogP contribution in [0.5, 0.6) is 0 Å². The van der Waals surface area contributed by atoms with E-state index >= 15 is 0 Å². The first-order valence-corrected chi connectivity index (χ1v) is 4.84. The molecular formula is C9H14F3NO4. The van der Waals surface area contributed by atoms with Crippen LogP contribution in [-0.2, 0) is 9.53 Å². The van der Waals surface area contributed by atoms with E-state index in [1.165, 1.54) is 0 Å². The van der Waals surface area contributed by atoms with Crippen molar-refractivity contribution in [1.82, 2.24) is 5.32 Å². The summed E-state index contributed by atoms with van der Waals surface area (Å²) in [6.07, 6.45) is -5.92. The van der Waals surface area contributed by atoms with E-state index in [1.54, 1.807) is 13.8 Å². The monoisotopic (exact) mass is 257 g/mol. The molecule has 1 atom stereocenters. The van der Waals surface area contributed by atoms with Gasteiger partial charge in [-0.05, 0) is 12.3 Å². The predicted octanol–water partition coefficient (Wildman–Crippen LogP) is 1.77. The highest BCUT2D eigenvalue weighted by Gasteiger charge is 2.30. The van der Waals surface area contributed by atoms with Crippen LogP contribution in [0.4, 0.5) is 18.0 Å². The molecule has 17 heavy (non-hydrogen) atoms. The maximum atomic E-state index is 11.7. The lowest BCUT2D eigenvalue weighted by Crippen LogP contribution is -2.42. The summed E-state index contributed by atoms with van der Waals surface area (Å²) < 4.78 is 38.9. The number of hydrogen-bond donors (Lipinski definition) is 2. The molecule has 0 spiro atoms. The Kier molecular flexibility index (Phi) is 5.77. The lowest BCUT2D eigenvalue weighted by Gasteiger charge is -2.16. The van der Waals surface area contributed by atoms with Crippen molar-refractivity contribution in [2.24, 2.45) is 5.92 Å². The molecule has 0 heterocycles. The highest BCUT2D eigenvalue weighted by atomic mass is 19.4. The lowest BCUT2D eigenvalue weighted by molar-refractivity contribution is -0.160. The van der Waals surface area contributed by atoms with Crippen LogP contribution in [0.1, 0.15) is 20.3 Å². The van der Waals surface area contributed by atoms with Gasteiger partial charge in [0.25, 0.3) is 0 Å². The molecule has 0 rings (SSSR count). The number of carbonyl (C=O) groups excluding carboxylic acids is 1. The molecule has 5 nitrogen and oxygen atoms in total. The van der Waals surface area contributed by atoms with Crippen LogP contribution >= 0.6 is 0 Å². The number of alkyl carbamates (subject to hydrolysis) is 1. The van der Waals surface area contributed by atoms with Crippen molar-refractivity contribution in [2.45, 2.75) is 32.5 Å². The van der Waals surface area contributed by atoms with Crippen molar-refractivity contribution < 1.29 is 32.6 Å². The minimum absolute atomic E-state index is 0.0287. The topological polar surface area (TPSA) is 75.6 Å². The zero-order valence-electron chi connectivity index (χ0n) is 9.37. The van der Waals surface area contributed by atoms with Gasteiger partial charge in [-0.2, -0.15) is 13.2 Å². The molecule has 8 heteroatoms. The molecule has 0 aliphatic carbocycles. The number of carboxylic acid groups (broad SMARTS) is 1. The Morgan fingerprint density at radius 3 is 2.24 bits per heavy atom. The second-order valence-electron chi connectivity index (χ2n) is 3.86. The van der Waals surface area contributed by atoms with Crippen molar-refractivity contribution >= 4 is 12.1 Å². The quantitative estimate of drug-likeness (QED) is 0.787. The van der Waals surface area contributed by atoms with Gasteiger partial charge in [0.15, 0.2) is 6.61 Å². The Morgan fingerprint density at radius 1 is 1.35 bits per heavy atom. The third kappa shape index (κ3) is 8.35. The van der Waals surface area contributed by atoms with E-state index in [0.29, 0.717) is 0 Å². The highest BCUT2D eigenvalue weighted by Crippen LogP contribution is 2.14. The molecular weight excluding hydrogens is 243 g/mol. The maximum absolute atomic E-state index is 11.7. The van der Waals surface area contributed by atoms with E-state index in [4.69, 9.17) is 5.11 Å². The lowest BCUT2D eigenvalue weighted by atomic mass is 10.0. The number of nitrogens with one attached hydrogen (secondary N) is 1. The summed E-state index contributed by atoms with van der Waals surface area (Å²) in [4.78, 5) is 21.6. The van der Waals surface area contributed by atoms with Crippen molar-refractivity contribution in [3.8, 4) is 0 Å². The van der Waals surface area contributed by atoms with E-state index in [1.807, 2.05) is 5.32 Å². The minimum atomic E-state index is -4.63. The Hall–Kier alpha value is -1.47. The first-order chi connectivity index (χ1) is 7.61. The standard InChI is InChI=1S/C9H14F3NO4/c1-5(2)3-6(7(14)15)13-8(16)17-4-9(10,11)12/h5-6H,3-4H2,1-2H3,(H,13,16)(H,14,15)/t6-/m0/s1. The average Bonchev–Trinajstić information content (AvgIpc) is 2.11. The van der Waals surface area contributed by atoms with Gasteiger partial charge < -0.3 is 15.2 Å². The third-order valence-corrected chi connectivity index (χ3v) is 1.66. The van der Waals surface area contributed by atoms with Crippen molar-refractivity contribution in [3.63, 3.8) is 0 Å².